The van der Waals surface area contributed by atoms with Crippen LogP contribution >= 0.6 is 11.6 Å². The average molecular weight is 226 g/mol. The molecule has 2 rings (SSSR count). The van der Waals surface area contributed by atoms with Crippen LogP contribution < -0.4 is 5.73 Å². The van der Waals surface area contributed by atoms with Crippen molar-refractivity contribution < 1.29 is 5.11 Å². The molecule has 2 nitrogen and oxygen atoms in total. The first kappa shape index (κ1) is 10.8. The van der Waals surface area contributed by atoms with E-state index < -0.39 is 5.60 Å². The first-order valence-corrected chi connectivity index (χ1v) is 5.78. The Bertz CT molecular complexity index is 338. The van der Waals surface area contributed by atoms with Gasteiger partial charge in [0.15, 0.2) is 0 Å². The van der Waals surface area contributed by atoms with E-state index in [9.17, 15) is 5.11 Å². The molecule has 0 aliphatic heterocycles. The molecule has 1 aliphatic rings. The van der Waals surface area contributed by atoms with Gasteiger partial charge in [-0.3, -0.25) is 0 Å². The summed E-state index contributed by atoms with van der Waals surface area (Å²) < 4.78 is 0. The van der Waals surface area contributed by atoms with Crippen molar-refractivity contribution in [2.75, 3.05) is 5.73 Å². The van der Waals surface area contributed by atoms with Crippen LogP contribution in [0, 0.1) is 0 Å². The molecule has 0 unspecified atom stereocenters. The highest BCUT2D eigenvalue weighted by Crippen LogP contribution is 2.42. The summed E-state index contributed by atoms with van der Waals surface area (Å²) in [6.07, 6.45) is 4.80. The summed E-state index contributed by atoms with van der Waals surface area (Å²) in [4.78, 5) is 0. The summed E-state index contributed by atoms with van der Waals surface area (Å²) in [6, 6.07) is 5.40. The highest BCUT2D eigenvalue weighted by atomic mass is 35.5. The molecule has 0 spiro atoms. The van der Waals surface area contributed by atoms with Crippen LogP contribution in [0.4, 0.5) is 5.69 Å². The van der Waals surface area contributed by atoms with Gasteiger partial charge in [-0.1, -0.05) is 36.9 Å². The van der Waals surface area contributed by atoms with Crippen molar-refractivity contribution in [3.05, 3.63) is 28.8 Å². The predicted octanol–water partition coefficient (Wildman–Crippen LogP) is 3.07. The van der Waals surface area contributed by atoms with Gasteiger partial charge in [0.25, 0.3) is 0 Å². The Balaban J connectivity index is 2.42. The molecule has 1 saturated carbocycles. The lowest BCUT2D eigenvalue weighted by atomic mass is 9.79. The van der Waals surface area contributed by atoms with Gasteiger partial charge in [0.1, 0.15) is 0 Å². The van der Waals surface area contributed by atoms with Crippen LogP contribution in [0.5, 0.6) is 0 Å². The average Bonchev–Trinajstić information content (AvgIpc) is 2.18. The van der Waals surface area contributed by atoms with Crippen molar-refractivity contribution in [3.63, 3.8) is 0 Å². The Labute approximate surface area is 95.1 Å². The maximum atomic E-state index is 10.5. The Hall–Kier alpha value is -0.730. The van der Waals surface area contributed by atoms with E-state index in [-0.39, 0.29) is 0 Å². The Morgan fingerprint density at radius 3 is 2.47 bits per heavy atom. The fourth-order valence-corrected chi connectivity index (χ4v) is 2.78. The monoisotopic (exact) mass is 225 g/mol. The number of aliphatic hydroxyl groups is 1. The summed E-state index contributed by atoms with van der Waals surface area (Å²) in [5, 5.41) is 11.1. The number of rotatable bonds is 1. The molecule has 0 heterocycles. The minimum Gasteiger partial charge on any atom is -0.398 e. The molecule has 1 aliphatic carbocycles. The highest BCUT2D eigenvalue weighted by Gasteiger charge is 2.34. The molecule has 1 fully saturated rings. The van der Waals surface area contributed by atoms with Gasteiger partial charge >= 0.3 is 0 Å². The van der Waals surface area contributed by atoms with Crippen molar-refractivity contribution in [1.82, 2.24) is 0 Å². The van der Waals surface area contributed by atoms with Crippen LogP contribution in [0.1, 0.15) is 37.7 Å². The Morgan fingerprint density at radius 1 is 1.20 bits per heavy atom. The molecule has 0 saturated heterocycles. The molecular formula is C12H16ClNO. The van der Waals surface area contributed by atoms with Gasteiger partial charge in [-0.05, 0) is 25.0 Å². The van der Waals surface area contributed by atoms with Crippen molar-refractivity contribution in [3.8, 4) is 0 Å². The number of anilines is 1. The third-order valence-corrected chi connectivity index (χ3v) is 3.51. The zero-order valence-corrected chi connectivity index (χ0v) is 9.43. The molecule has 15 heavy (non-hydrogen) atoms. The number of hydrogen-bond acceptors (Lipinski definition) is 2. The summed E-state index contributed by atoms with van der Waals surface area (Å²) in [5.41, 5.74) is 6.42. The van der Waals surface area contributed by atoms with E-state index in [2.05, 4.69) is 0 Å². The van der Waals surface area contributed by atoms with Crippen LogP contribution in [0.2, 0.25) is 5.02 Å². The van der Waals surface area contributed by atoms with Crippen molar-refractivity contribution in [2.45, 2.75) is 37.7 Å². The summed E-state index contributed by atoms with van der Waals surface area (Å²) in [7, 11) is 0. The Morgan fingerprint density at radius 2 is 1.87 bits per heavy atom. The number of nitrogens with two attached hydrogens (primary N) is 1. The van der Waals surface area contributed by atoms with Gasteiger partial charge in [0.05, 0.1) is 5.60 Å². The maximum Gasteiger partial charge on any atom is 0.0930 e. The molecule has 0 atom stereocenters. The molecule has 1 aromatic carbocycles. The van der Waals surface area contributed by atoms with E-state index >= 15 is 0 Å². The molecule has 0 amide bonds. The van der Waals surface area contributed by atoms with Crippen molar-refractivity contribution in [1.29, 1.82) is 0 Å². The number of halogens is 1. The fraction of sp³-hybridized carbons (Fsp3) is 0.500. The normalized spacial score (nSPS) is 20.1. The minimum atomic E-state index is -0.805. The van der Waals surface area contributed by atoms with E-state index in [1.165, 1.54) is 6.42 Å². The van der Waals surface area contributed by atoms with E-state index in [0.717, 1.165) is 31.2 Å². The molecule has 1 aromatic rings. The second-order valence-corrected chi connectivity index (χ2v) is 4.70. The molecule has 0 bridgehead atoms. The largest absolute Gasteiger partial charge is 0.398 e. The van der Waals surface area contributed by atoms with Gasteiger partial charge in [0, 0.05) is 16.3 Å². The smallest absolute Gasteiger partial charge is 0.0930 e. The lowest BCUT2D eigenvalue weighted by Gasteiger charge is -2.34. The second kappa shape index (κ2) is 4.03. The number of benzene rings is 1. The minimum absolute atomic E-state index is 0.583. The van der Waals surface area contributed by atoms with Crippen LogP contribution in [-0.4, -0.2) is 5.11 Å². The van der Waals surface area contributed by atoms with Crippen molar-refractivity contribution in [2.24, 2.45) is 0 Å². The van der Waals surface area contributed by atoms with Crippen LogP contribution in [0.3, 0.4) is 0 Å². The Kier molecular flexibility index (Phi) is 2.89. The van der Waals surface area contributed by atoms with Gasteiger partial charge in [-0.25, -0.2) is 0 Å². The second-order valence-electron chi connectivity index (χ2n) is 4.30. The van der Waals surface area contributed by atoms with E-state index in [1.54, 1.807) is 12.1 Å². The zero-order chi connectivity index (χ0) is 10.9. The topological polar surface area (TPSA) is 46.2 Å². The first-order valence-electron chi connectivity index (χ1n) is 5.40. The van der Waals surface area contributed by atoms with Gasteiger partial charge < -0.3 is 10.8 Å². The summed E-state index contributed by atoms with van der Waals surface area (Å²) in [5.74, 6) is 0. The number of hydrogen-bond donors (Lipinski definition) is 2. The van der Waals surface area contributed by atoms with E-state index in [1.807, 2.05) is 6.07 Å². The third kappa shape index (κ3) is 1.97. The van der Waals surface area contributed by atoms with E-state index in [4.69, 9.17) is 17.3 Å². The molecule has 82 valence electrons. The molecule has 0 radical (unpaired) electrons. The van der Waals surface area contributed by atoms with Gasteiger partial charge in [-0.2, -0.15) is 0 Å². The predicted molar refractivity (Wildman–Crippen MR) is 62.8 cm³/mol. The third-order valence-electron chi connectivity index (χ3n) is 3.19. The summed E-state index contributed by atoms with van der Waals surface area (Å²) in [6.45, 7) is 0. The van der Waals surface area contributed by atoms with E-state index in [0.29, 0.717) is 10.7 Å². The van der Waals surface area contributed by atoms with Crippen LogP contribution in [0.15, 0.2) is 18.2 Å². The lowest BCUT2D eigenvalue weighted by molar-refractivity contribution is 0.000183. The summed E-state index contributed by atoms with van der Waals surface area (Å²) >= 11 is 6.11. The maximum absolute atomic E-state index is 10.5. The molecular weight excluding hydrogens is 210 g/mol. The lowest BCUT2D eigenvalue weighted by Crippen LogP contribution is -2.29. The zero-order valence-electron chi connectivity index (χ0n) is 8.67. The van der Waals surface area contributed by atoms with Gasteiger partial charge in [-0.15, -0.1) is 0 Å². The van der Waals surface area contributed by atoms with Crippen LogP contribution in [-0.2, 0) is 5.60 Å². The van der Waals surface area contributed by atoms with Crippen molar-refractivity contribution >= 4 is 17.3 Å². The quantitative estimate of drug-likeness (QED) is 0.722. The highest BCUT2D eigenvalue weighted by molar-refractivity contribution is 6.31. The van der Waals surface area contributed by atoms with Gasteiger partial charge in [0.2, 0.25) is 0 Å². The first-order chi connectivity index (χ1) is 7.13. The molecule has 0 aromatic heterocycles. The van der Waals surface area contributed by atoms with Crippen LogP contribution in [0.25, 0.3) is 0 Å². The molecule has 3 heteroatoms. The standard InChI is InChI=1S/C12H16ClNO/c13-9-5-4-6-10(14)11(9)12(15)7-2-1-3-8-12/h4-6,15H,1-3,7-8,14H2. The molecule has 3 N–H and O–H groups in total. The number of nitrogen functional groups attached to an aromatic ring is 1. The SMILES string of the molecule is Nc1cccc(Cl)c1C1(O)CCCCC1. The fourth-order valence-electron chi connectivity index (χ4n) is 2.42.